The fourth-order valence-corrected chi connectivity index (χ4v) is 1.82. The van der Waals surface area contributed by atoms with Gasteiger partial charge in [0.05, 0.1) is 18.4 Å². The number of aromatic nitrogens is 2. The van der Waals surface area contributed by atoms with Crippen molar-refractivity contribution in [3.63, 3.8) is 0 Å². The summed E-state index contributed by atoms with van der Waals surface area (Å²) in [5.74, 6) is 0. The van der Waals surface area contributed by atoms with E-state index in [1.165, 1.54) is 5.56 Å². The first-order chi connectivity index (χ1) is 9.29. The lowest BCUT2D eigenvalue weighted by molar-refractivity contribution is 0.0644. The Labute approximate surface area is 112 Å². The molecule has 0 amide bonds. The minimum atomic E-state index is -0.464. The van der Waals surface area contributed by atoms with Crippen LogP contribution in [-0.4, -0.2) is 41.3 Å². The Morgan fingerprint density at radius 2 is 2.16 bits per heavy atom. The Morgan fingerprint density at radius 3 is 2.79 bits per heavy atom. The van der Waals surface area contributed by atoms with E-state index in [0.717, 1.165) is 12.2 Å². The first-order valence-corrected chi connectivity index (χ1v) is 6.26. The zero-order chi connectivity index (χ0) is 13.5. The summed E-state index contributed by atoms with van der Waals surface area (Å²) in [7, 11) is 1.58. The van der Waals surface area contributed by atoms with Gasteiger partial charge in [0, 0.05) is 32.6 Å². The molecule has 5 nitrogen and oxygen atoms in total. The largest absolute Gasteiger partial charge is 0.389 e. The predicted molar refractivity (Wildman–Crippen MR) is 73.2 cm³/mol. The van der Waals surface area contributed by atoms with Crippen molar-refractivity contribution in [2.75, 3.05) is 20.3 Å². The van der Waals surface area contributed by atoms with Crippen LogP contribution in [0.5, 0.6) is 0 Å². The summed E-state index contributed by atoms with van der Waals surface area (Å²) >= 11 is 0. The number of nitrogens with zero attached hydrogens (tertiary/aromatic N) is 2. The molecule has 102 valence electrons. The first-order valence-electron chi connectivity index (χ1n) is 6.26. The highest BCUT2D eigenvalue weighted by molar-refractivity contribution is 5.33. The molecule has 1 heterocycles. The van der Waals surface area contributed by atoms with Crippen LogP contribution in [0.2, 0.25) is 0 Å². The molecular formula is C14H19N3O2. The van der Waals surface area contributed by atoms with Crippen molar-refractivity contribution in [1.82, 2.24) is 15.1 Å². The maximum absolute atomic E-state index is 9.50. The normalized spacial score (nSPS) is 12.5. The third-order valence-electron chi connectivity index (χ3n) is 2.77. The molecule has 0 aliphatic carbocycles. The molecule has 0 saturated heterocycles. The van der Waals surface area contributed by atoms with Gasteiger partial charge >= 0.3 is 0 Å². The molecule has 1 unspecified atom stereocenters. The number of aliphatic hydroxyl groups excluding tert-OH is 1. The van der Waals surface area contributed by atoms with Gasteiger partial charge in [-0.25, -0.2) is 4.68 Å². The van der Waals surface area contributed by atoms with Crippen LogP contribution in [0.1, 0.15) is 5.56 Å². The molecule has 2 rings (SSSR count). The summed E-state index contributed by atoms with van der Waals surface area (Å²) in [6.45, 7) is 1.60. The van der Waals surface area contributed by atoms with Gasteiger partial charge in [0.2, 0.25) is 0 Å². The van der Waals surface area contributed by atoms with E-state index < -0.39 is 6.10 Å². The number of aliphatic hydroxyl groups is 1. The monoisotopic (exact) mass is 261 g/mol. The summed E-state index contributed by atoms with van der Waals surface area (Å²) in [5.41, 5.74) is 2.20. The van der Waals surface area contributed by atoms with E-state index in [1.807, 2.05) is 41.2 Å². The third kappa shape index (κ3) is 4.17. The van der Waals surface area contributed by atoms with E-state index >= 15 is 0 Å². The third-order valence-corrected chi connectivity index (χ3v) is 2.77. The standard InChI is InChI=1S/C14H19N3O2/c1-19-11-14(18)10-15-9-12-3-5-13(6-4-12)17-8-2-7-16-17/h2-8,14-15,18H,9-11H2,1H3. The maximum Gasteiger partial charge on any atom is 0.0897 e. The van der Waals surface area contributed by atoms with Gasteiger partial charge in [-0.3, -0.25) is 0 Å². The molecule has 0 aliphatic rings. The van der Waals surface area contributed by atoms with Crippen molar-refractivity contribution >= 4 is 0 Å². The SMILES string of the molecule is COCC(O)CNCc1ccc(-n2cccn2)cc1. The minimum absolute atomic E-state index is 0.352. The second-order valence-electron chi connectivity index (χ2n) is 4.36. The van der Waals surface area contributed by atoms with E-state index in [-0.39, 0.29) is 0 Å². The van der Waals surface area contributed by atoms with Crippen LogP contribution in [0.15, 0.2) is 42.7 Å². The van der Waals surface area contributed by atoms with Crippen LogP contribution in [0.4, 0.5) is 0 Å². The lowest BCUT2D eigenvalue weighted by atomic mass is 10.2. The fraction of sp³-hybridized carbons (Fsp3) is 0.357. The molecule has 0 bridgehead atoms. The van der Waals surface area contributed by atoms with Gasteiger partial charge in [-0.2, -0.15) is 5.10 Å². The second kappa shape index (κ2) is 7.04. The van der Waals surface area contributed by atoms with Crippen LogP contribution in [0.25, 0.3) is 5.69 Å². The molecule has 0 radical (unpaired) electrons. The van der Waals surface area contributed by atoms with Crippen LogP contribution >= 0.6 is 0 Å². The van der Waals surface area contributed by atoms with E-state index in [1.54, 1.807) is 13.3 Å². The van der Waals surface area contributed by atoms with Gasteiger partial charge in [0.25, 0.3) is 0 Å². The summed E-state index contributed by atoms with van der Waals surface area (Å²) in [5, 5.41) is 16.9. The van der Waals surface area contributed by atoms with Crippen molar-refractivity contribution in [2.24, 2.45) is 0 Å². The Balaban J connectivity index is 1.82. The van der Waals surface area contributed by atoms with Gasteiger partial charge in [-0.15, -0.1) is 0 Å². The fourth-order valence-electron chi connectivity index (χ4n) is 1.82. The molecule has 1 atom stereocenters. The van der Waals surface area contributed by atoms with Crippen molar-refractivity contribution in [3.05, 3.63) is 48.3 Å². The second-order valence-corrected chi connectivity index (χ2v) is 4.36. The molecule has 19 heavy (non-hydrogen) atoms. The van der Waals surface area contributed by atoms with Crippen molar-refractivity contribution < 1.29 is 9.84 Å². The van der Waals surface area contributed by atoms with Crippen LogP contribution in [0.3, 0.4) is 0 Å². The number of methoxy groups -OCH3 is 1. The summed E-state index contributed by atoms with van der Waals surface area (Å²) < 4.78 is 6.68. The number of ether oxygens (including phenoxy) is 1. The minimum Gasteiger partial charge on any atom is -0.389 e. The summed E-state index contributed by atoms with van der Waals surface area (Å²) in [6.07, 6.45) is 3.20. The van der Waals surface area contributed by atoms with Gasteiger partial charge in [0.15, 0.2) is 0 Å². The molecule has 0 spiro atoms. The Morgan fingerprint density at radius 1 is 1.37 bits per heavy atom. The Hall–Kier alpha value is -1.69. The molecule has 0 saturated carbocycles. The number of benzene rings is 1. The van der Waals surface area contributed by atoms with Crippen LogP contribution in [-0.2, 0) is 11.3 Å². The topological polar surface area (TPSA) is 59.3 Å². The number of rotatable bonds is 7. The zero-order valence-electron chi connectivity index (χ0n) is 11.0. The van der Waals surface area contributed by atoms with Crippen molar-refractivity contribution in [1.29, 1.82) is 0 Å². The molecule has 2 aromatic rings. The zero-order valence-corrected chi connectivity index (χ0v) is 11.0. The molecule has 5 heteroatoms. The average Bonchev–Trinajstić information content (AvgIpc) is 2.94. The average molecular weight is 261 g/mol. The van der Waals surface area contributed by atoms with Crippen molar-refractivity contribution in [3.8, 4) is 5.69 Å². The van der Waals surface area contributed by atoms with E-state index in [0.29, 0.717) is 13.2 Å². The van der Waals surface area contributed by atoms with Gasteiger partial charge in [-0.05, 0) is 23.8 Å². The molecule has 0 fully saturated rings. The van der Waals surface area contributed by atoms with Crippen LogP contribution < -0.4 is 5.32 Å². The highest BCUT2D eigenvalue weighted by atomic mass is 16.5. The quantitative estimate of drug-likeness (QED) is 0.779. The lowest BCUT2D eigenvalue weighted by Crippen LogP contribution is -2.29. The smallest absolute Gasteiger partial charge is 0.0897 e. The highest BCUT2D eigenvalue weighted by Crippen LogP contribution is 2.08. The molecule has 1 aromatic carbocycles. The van der Waals surface area contributed by atoms with Gasteiger partial charge in [0.1, 0.15) is 0 Å². The van der Waals surface area contributed by atoms with Gasteiger partial charge < -0.3 is 15.2 Å². The maximum atomic E-state index is 9.50. The van der Waals surface area contributed by atoms with E-state index in [4.69, 9.17) is 4.74 Å². The van der Waals surface area contributed by atoms with E-state index in [9.17, 15) is 5.11 Å². The van der Waals surface area contributed by atoms with Crippen molar-refractivity contribution in [2.45, 2.75) is 12.6 Å². The number of nitrogens with one attached hydrogen (secondary N) is 1. The Kier molecular flexibility index (Phi) is 5.09. The Bertz CT molecular complexity index is 468. The van der Waals surface area contributed by atoms with E-state index in [2.05, 4.69) is 10.4 Å². The molecule has 2 N–H and O–H groups in total. The molecular weight excluding hydrogens is 242 g/mol. The molecule has 1 aromatic heterocycles. The first kappa shape index (κ1) is 13.7. The predicted octanol–water partition coefficient (Wildman–Crippen LogP) is 0.969. The lowest BCUT2D eigenvalue weighted by Gasteiger charge is -2.11. The highest BCUT2D eigenvalue weighted by Gasteiger charge is 2.02. The molecule has 0 aliphatic heterocycles. The van der Waals surface area contributed by atoms with Crippen LogP contribution in [0, 0.1) is 0 Å². The number of hydrogen-bond donors (Lipinski definition) is 2. The summed E-state index contributed by atoms with van der Waals surface area (Å²) in [6, 6.07) is 10.0. The number of hydrogen-bond acceptors (Lipinski definition) is 4. The van der Waals surface area contributed by atoms with Gasteiger partial charge in [-0.1, -0.05) is 12.1 Å². The summed E-state index contributed by atoms with van der Waals surface area (Å²) in [4.78, 5) is 0.